The number of hydrogen-bond acceptors (Lipinski definition) is 2. The SMILES string of the molecule is CC(C)N(CCCl)C(C)C.CC(CCl)CN(C)C. The average molecular weight is 299 g/mol. The van der Waals surface area contributed by atoms with E-state index in [0.717, 1.165) is 24.8 Å². The van der Waals surface area contributed by atoms with Crippen molar-refractivity contribution in [2.75, 3.05) is 38.9 Å². The molecule has 18 heavy (non-hydrogen) atoms. The van der Waals surface area contributed by atoms with Crippen LogP contribution in [0.4, 0.5) is 0 Å². The second-order valence-electron chi connectivity index (χ2n) is 5.64. The molecule has 0 aromatic rings. The highest BCUT2D eigenvalue weighted by Gasteiger charge is 2.11. The second kappa shape index (κ2) is 12.5. The molecule has 2 nitrogen and oxygen atoms in total. The Hall–Kier alpha value is 0.500. The summed E-state index contributed by atoms with van der Waals surface area (Å²) in [6.45, 7) is 13.0. The van der Waals surface area contributed by atoms with Crippen LogP contribution in [0.25, 0.3) is 0 Å². The third-order valence-corrected chi connectivity index (χ3v) is 3.31. The van der Waals surface area contributed by atoms with Crippen LogP contribution in [0.5, 0.6) is 0 Å². The largest absolute Gasteiger partial charge is 0.309 e. The van der Waals surface area contributed by atoms with Gasteiger partial charge in [0.25, 0.3) is 0 Å². The normalized spacial score (nSPS) is 13.2. The van der Waals surface area contributed by atoms with Crippen molar-refractivity contribution in [2.24, 2.45) is 5.92 Å². The summed E-state index contributed by atoms with van der Waals surface area (Å²) in [5.74, 6) is 2.11. The van der Waals surface area contributed by atoms with E-state index in [9.17, 15) is 0 Å². The average Bonchev–Trinajstić information content (AvgIpc) is 2.24. The summed E-state index contributed by atoms with van der Waals surface area (Å²) in [5, 5.41) is 0. The van der Waals surface area contributed by atoms with Gasteiger partial charge in [0.1, 0.15) is 0 Å². The zero-order valence-electron chi connectivity index (χ0n) is 13.2. The molecule has 0 aliphatic heterocycles. The molecule has 0 saturated carbocycles. The van der Waals surface area contributed by atoms with Crippen LogP contribution in [-0.4, -0.2) is 60.8 Å². The van der Waals surface area contributed by atoms with E-state index < -0.39 is 0 Å². The molecule has 1 atom stereocenters. The van der Waals surface area contributed by atoms with Crippen molar-refractivity contribution in [3.05, 3.63) is 0 Å². The Morgan fingerprint density at radius 3 is 1.44 bits per heavy atom. The Labute approximate surface area is 125 Å². The molecule has 112 valence electrons. The Bertz CT molecular complexity index is 165. The van der Waals surface area contributed by atoms with Gasteiger partial charge in [0.05, 0.1) is 0 Å². The molecule has 0 aliphatic carbocycles. The lowest BCUT2D eigenvalue weighted by atomic mass is 10.2. The van der Waals surface area contributed by atoms with E-state index in [1.54, 1.807) is 0 Å². The number of halogens is 2. The standard InChI is InChI=1S/C8H18ClN.C6H14ClN/c1-7(2)10(6-5-9)8(3)4;1-6(4-7)5-8(2)3/h7-8H,5-6H2,1-4H3;6H,4-5H2,1-3H3. The molecule has 1 unspecified atom stereocenters. The first-order valence-corrected chi connectivity index (χ1v) is 7.85. The van der Waals surface area contributed by atoms with Gasteiger partial charge in [-0.15, -0.1) is 23.2 Å². The lowest BCUT2D eigenvalue weighted by Gasteiger charge is -2.29. The fourth-order valence-electron chi connectivity index (χ4n) is 1.88. The molecule has 0 N–H and O–H groups in total. The lowest BCUT2D eigenvalue weighted by Crippen LogP contribution is -2.38. The quantitative estimate of drug-likeness (QED) is 0.660. The molecule has 0 fully saturated rings. The maximum Gasteiger partial charge on any atom is 0.0351 e. The summed E-state index contributed by atoms with van der Waals surface area (Å²) in [6.07, 6.45) is 0. The minimum atomic E-state index is 0.610. The van der Waals surface area contributed by atoms with Gasteiger partial charge in [0, 0.05) is 36.9 Å². The van der Waals surface area contributed by atoms with E-state index in [-0.39, 0.29) is 0 Å². The minimum absolute atomic E-state index is 0.610. The Kier molecular flexibility index (Phi) is 14.5. The monoisotopic (exact) mass is 298 g/mol. The number of rotatable bonds is 7. The Morgan fingerprint density at radius 1 is 0.889 bits per heavy atom. The van der Waals surface area contributed by atoms with Crippen molar-refractivity contribution in [1.29, 1.82) is 0 Å². The van der Waals surface area contributed by atoms with Crippen LogP contribution in [0.2, 0.25) is 0 Å². The van der Waals surface area contributed by atoms with Crippen molar-refractivity contribution >= 4 is 23.2 Å². The van der Waals surface area contributed by atoms with Crippen molar-refractivity contribution in [3.8, 4) is 0 Å². The topological polar surface area (TPSA) is 6.48 Å². The van der Waals surface area contributed by atoms with Crippen LogP contribution in [0.3, 0.4) is 0 Å². The molecular formula is C14H32Cl2N2. The number of hydrogen-bond donors (Lipinski definition) is 0. The molecule has 0 saturated heterocycles. The molecule has 0 aromatic heterocycles. The van der Waals surface area contributed by atoms with Crippen LogP contribution in [0.15, 0.2) is 0 Å². The molecule has 4 heteroatoms. The van der Waals surface area contributed by atoms with E-state index in [4.69, 9.17) is 23.2 Å². The van der Waals surface area contributed by atoms with E-state index in [0.29, 0.717) is 18.0 Å². The number of alkyl halides is 2. The third kappa shape index (κ3) is 12.9. The molecule has 0 bridgehead atoms. The van der Waals surface area contributed by atoms with Crippen molar-refractivity contribution in [3.63, 3.8) is 0 Å². The fourth-order valence-corrected chi connectivity index (χ4v) is 2.18. The molecule has 0 amide bonds. The van der Waals surface area contributed by atoms with Crippen LogP contribution in [-0.2, 0) is 0 Å². The molecule has 0 radical (unpaired) electrons. The van der Waals surface area contributed by atoms with Crippen molar-refractivity contribution in [2.45, 2.75) is 46.7 Å². The summed E-state index contributed by atoms with van der Waals surface area (Å²) >= 11 is 11.2. The lowest BCUT2D eigenvalue weighted by molar-refractivity contribution is 0.187. The zero-order chi connectivity index (χ0) is 14.7. The van der Waals surface area contributed by atoms with Crippen molar-refractivity contribution < 1.29 is 0 Å². The van der Waals surface area contributed by atoms with Gasteiger partial charge in [0.15, 0.2) is 0 Å². The Balaban J connectivity index is 0. The van der Waals surface area contributed by atoms with Gasteiger partial charge in [-0.1, -0.05) is 6.92 Å². The summed E-state index contributed by atoms with van der Waals surface area (Å²) in [4.78, 5) is 4.53. The second-order valence-corrected chi connectivity index (χ2v) is 6.32. The molecule has 0 heterocycles. The van der Waals surface area contributed by atoms with Crippen LogP contribution in [0, 0.1) is 5.92 Å². The van der Waals surface area contributed by atoms with Crippen molar-refractivity contribution in [1.82, 2.24) is 9.80 Å². The van der Waals surface area contributed by atoms with Gasteiger partial charge >= 0.3 is 0 Å². The first-order valence-electron chi connectivity index (χ1n) is 6.78. The predicted molar refractivity (Wildman–Crippen MR) is 86.1 cm³/mol. The number of nitrogens with zero attached hydrogens (tertiary/aromatic N) is 2. The van der Waals surface area contributed by atoms with E-state index in [2.05, 4.69) is 58.5 Å². The van der Waals surface area contributed by atoms with E-state index in [1.165, 1.54) is 0 Å². The van der Waals surface area contributed by atoms with Gasteiger partial charge in [-0.3, -0.25) is 4.90 Å². The Morgan fingerprint density at radius 2 is 1.33 bits per heavy atom. The van der Waals surface area contributed by atoms with Crippen LogP contribution in [0.1, 0.15) is 34.6 Å². The van der Waals surface area contributed by atoms with Crippen LogP contribution >= 0.6 is 23.2 Å². The van der Waals surface area contributed by atoms with Gasteiger partial charge in [0.2, 0.25) is 0 Å². The fraction of sp³-hybridized carbons (Fsp3) is 1.00. The van der Waals surface area contributed by atoms with Crippen LogP contribution < -0.4 is 0 Å². The third-order valence-electron chi connectivity index (χ3n) is 2.61. The molecule has 0 rings (SSSR count). The van der Waals surface area contributed by atoms with E-state index in [1.807, 2.05) is 0 Å². The van der Waals surface area contributed by atoms with E-state index >= 15 is 0 Å². The maximum absolute atomic E-state index is 5.64. The summed E-state index contributed by atoms with van der Waals surface area (Å²) in [5.41, 5.74) is 0. The highest BCUT2D eigenvalue weighted by Crippen LogP contribution is 2.04. The summed E-state index contributed by atoms with van der Waals surface area (Å²) < 4.78 is 0. The van der Waals surface area contributed by atoms with Gasteiger partial charge in [-0.2, -0.15) is 0 Å². The van der Waals surface area contributed by atoms with Gasteiger partial charge < -0.3 is 4.90 Å². The van der Waals surface area contributed by atoms with Gasteiger partial charge in [-0.05, 0) is 47.7 Å². The zero-order valence-corrected chi connectivity index (χ0v) is 14.7. The first kappa shape index (κ1) is 20.8. The minimum Gasteiger partial charge on any atom is -0.309 e. The molecule has 0 aliphatic rings. The highest BCUT2D eigenvalue weighted by atomic mass is 35.5. The first-order chi connectivity index (χ1) is 8.26. The summed E-state index contributed by atoms with van der Waals surface area (Å²) in [7, 11) is 4.12. The molecular weight excluding hydrogens is 267 g/mol. The molecule has 0 aromatic carbocycles. The highest BCUT2D eigenvalue weighted by molar-refractivity contribution is 6.18. The van der Waals surface area contributed by atoms with Gasteiger partial charge in [-0.25, -0.2) is 0 Å². The molecule has 0 spiro atoms. The maximum atomic E-state index is 5.64. The predicted octanol–water partition coefficient (Wildman–Crippen LogP) is 3.77. The summed E-state index contributed by atoms with van der Waals surface area (Å²) in [6, 6.07) is 1.22. The smallest absolute Gasteiger partial charge is 0.0351 e.